The van der Waals surface area contributed by atoms with Gasteiger partial charge < -0.3 is 10.6 Å². The van der Waals surface area contributed by atoms with E-state index in [-0.39, 0.29) is 0 Å². The fourth-order valence-electron chi connectivity index (χ4n) is 2.35. The van der Waals surface area contributed by atoms with Crippen LogP contribution in [0.5, 0.6) is 0 Å². The molecule has 0 amide bonds. The molecule has 1 saturated heterocycles. The monoisotopic (exact) mass is 263 g/mol. The normalized spacial score (nSPS) is 22.8. The highest BCUT2D eigenvalue weighted by molar-refractivity contribution is 6.32. The molecule has 0 radical (unpaired) electrons. The zero-order valence-corrected chi connectivity index (χ0v) is 11.5. The summed E-state index contributed by atoms with van der Waals surface area (Å²) in [7, 11) is 0. The summed E-state index contributed by atoms with van der Waals surface area (Å²) >= 11 is 6.14. The van der Waals surface area contributed by atoms with Crippen LogP contribution in [0.25, 0.3) is 0 Å². The van der Waals surface area contributed by atoms with E-state index in [4.69, 9.17) is 16.9 Å². The Morgan fingerprint density at radius 3 is 2.94 bits per heavy atom. The van der Waals surface area contributed by atoms with Gasteiger partial charge in [0.1, 0.15) is 6.07 Å². The van der Waals surface area contributed by atoms with E-state index in [1.807, 2.05) is 13.0 Å². The van der Waals surface area contributed by atoms with E-state index in [1.54, 1.807) is 6.07 Å². The maximum atomic E-state index is 8.91. The van der Waals surface area contributed by atoms with Crippen molar-refractivity contribution in [2.24, 2.45) is 5.92 Å². The number of nitriles is 1. The molecule has 0 aromatic heterocycles. The van der Waals surface area contributed by atoms with Crippen LogP contribution in [0, 0.1) is 24.2 Å². The molecule has 1 aromatic rings. The average molecular weight is 264 g/mol. The summed E-state index contributed by atoms with van der Waals surface area (Å²) in [6.45, 7) is 6.20. The van der Waals surface area contributed by atoms with Gasteiger partial charge >= 0.3 is 0 Å². The van der Waals surface area contributed by atoms with Gasteiger partial charge in [-0.05, 0) is 43.5 Å². The molecule has 18 heavy (non-hydrogen) atoms. The average Bonchev–Trinajstić information content (AvgIpc) is 2.77. The molecule has 0 bridgehead atoms. The van der Waals surface area contributed by atoms with E-state index in [1.165, 1.54) is 6.42 Å². The van der Waals surface area contributed by atoms with Gasteiger partial charge in [0, 0.05) is 18.3 Å². The van der Waals surface area contributed by atoms with E-state index in [0.717, 1.165) is 24.3 Å². The second kappa shape index (κ2) is 5.60. The van der Waals surface area contributed by atoms with Gasteiger partial charge in [0.15, 0.2) is 0 Å². The molecule has 0 saturated carbocycles. The Hall–Kier alpha value is -1.24. The van der Waals surface area contributed by atoms with Gasteiger partial charge in [-0.25, -0.2) is 0 Å². The second-order valence-corrected chi connectivity index (χ2v) is 5.30. The molecule has 1 aliphatic rings. The molecule has 0 spiro atoms. The lowest BCUT2D eigenvalue weighted by Crippen LogP contribution is -2.33. The van der Waals surface area contributed by atoms with Crippen LogP contribution in [0.4, 0.5) is 5.69 Å². The minimum Gasteiger partial charge on any atom is -0.383 e. The smallest absolute Gasteiger partial charge is 0.101 e. The number of rotatable bonds is 3. The molecule has 1 aliphatic heterocycles. The van der Waals surface area contributed by atoms with Crippen LogP contribution in [-0.2, 0) is 0 Å². The third-order valence-corrected chi connectivity index (χ3v) is 4.20. The lowest BCUT2D eigenvalue weighted by Gasteiger charge is -2.18. The molecular formula is C14H18ClN3. The maximum absolute atomic E-state index is 8.91. The van der Waals surface area contributed by atoms with Gasteiger partial charge in [-0.1, -0.05) is 18.5 Å². The lowest BCUT2D eigenvalue weighted by atomic mass is 10.0. The maximum Gasteiger partial charge on any atom is 0.101 e. The molecule has 0 aliphatic carbocycles. The number of halogens is 1. The van der Waals surface area contributed by atoms with Crippen LogP contribution in [0.2, 0.25) is 5.02 Å². The predicted octanol–water partition coefficient (Wildman–Crippen LogP) is 2.93. The van der Waals surface area contributed by atoms with Crippen LogP contribution in [0.1, 0.15) is 24.5 Å². The van der Waals surface area contributed by atoms with Crippen molar-refractivity contribution < 1.29 is 0 Å². The van der Waals surface area contributed by atoms with Crippen molar-refractivity contribution in [1.29, 1.82) is 5.26 Å². The fraction of sp³-hybridized carbons (Fsp3) is 0.500. The standard InChI is InChI=1S/C14H18ClN3/c1-9-5-6-17-13(9)8-18-12-4-3-11(7-16)14(15)10(12)2/h3-4,9,13,17-18H,5-6,8H2,1-2H3/t9-,13+/m0/s1. The molecule has 1 aromatic carbocycles. The Morgan fingerprint density at radius 1 is 1.56 bits per heavy atom. The number of anilines is 1. The number of nitrogens with zero attached hydrogens (tertiary/aromatic N) is 1. The second-order valence-electron chi connectivity index (χ2n) is 4.92. The molecule has 96 valence electrons. The van der Waals surface area contributed by atoms with Gasteiger partial charge in [-0.2, -0.15) is 5.26 Å². The highest BCUT2D eigenvalue weighted by Crippen LogP contribution is 2.27. The van der Waals surface area contributed by atoms with Crippen LogP contribution in [0.3, 0.4) is 0 Å². The minimum atomic E-state index is 0.513. The van der Waals surface area contributed by atoms with Crippen molar-refractivity contribution in [3.8, 4) is 6.07 Å². The quantitative estimate of drug-likeness (QED) is 0.882. The topological polar surface area (TPSA) is 47.8 Å². The van der Waals surface area contributed by atoms with Crippen molar-refractivity contribution in [3.05, 3.63) is 28.3 Å². The summed E-state index contributed by atoms with van der Waals surface area (Å²) in [5.41, 5.74) is 2.49. The minimum absolute atomic E-state index is 0.513. The van der Waals surface area contributed by atoms with Gasteiger partial charge in [0.25, 0.3) is 0 Å². The molecule has 2 N–H and O–H groups in total. The third-order valence-electron chi connectivity index (χ3n) is 3.71. The van der Waals surface area contributed by atoms with E-state index in [2.05, 4.69) is 23.6 Å². The van der Waals surface area contributed by atoms with Crippen molar-refractivity contribution in [2.75, 3.05) is 18.4 Å². The van der Waals surface area contributed by atoms with Crippen molar-refractivity contribution in [3.63, 3.8) is 0 Å². The third kappa shape index (κ3) is 2.60. The van der Waals surface area contributed by atoms with Gasteiger partial charge in [0.2, 0.25) is 0 Å². The highest BCUT2D eigenvalue weighted by Gasteiger charge is 2.22. The Morgan fingerprint density at radius 2 is 2.33 bits per heavy atom. The molecule has 1 heterocycles. The van der Waals surface area contributed by atoms with Gasteiger partial charge in [-0.15, -0.1) is 0 Å². The highest BCUT2D eigenvalue weighted by atomic mass is 35.5. The van der Waals surface area contributed by atoms with E-state index >= 15 is 0 Å². The number of nitrogens with one attached hydrogen (secondary N) is 2. The summed E-state index contributed by atoms with van der Waals surface area (Å²) < 4.78 is 0. The van der Waals surface area contributed by atoms with Crippen LogP contribution < -0.4 is 10.6 Å². The van der Waals surface area contributed by atoms with Crippen LogP contribution in [0.15, 0.2) is 12.1 Å². The summed E-state index contributed by atoms with van der Waals surface area (Å²) in [6, 6.07) is 6.31. The Labute approximate surface area is 113 Å². The zero-order chi connectivity index (χ0) is 13.1. The summed E-state index contributed by atoms with van der Waals surface area (Å²) in [4.78, 5) is 0. The lowest BCUT2D eigenvalue weighted by molar-refractivity contribution is 0.501. The van der Waals surface area contributed by atoms with Crippen molar-refractivity contribution in [1.82, 2.24) is 5.32 Å². The first-order valence-electron chi connectivity index (χ1n) is 6.30. The molecular weight excluding hydrogens is 246 g/mol. The number of hydrogen-bond donors (Lipinski definition) is 2. The Bertz CT molecular complexity index is 479. The molecule has 2 atom stereocenters. The molecule has 3 nitrogen and oxygen atoms in total. The van der Waals surface area contributed by atoms with E-state index in [0.29, 0.717) is 22.5 Å². The van der Waals surface area contributed by atoms with E-state index < -0.39 is 0 Å². The van der Waals surface area contributed by atoms with Crippen molar-refractivity contribution in [2.45, 2.75) is 26.3 Å². The van der Waals surface area contributed by atoms with E-state index in [9.17, 15) is 0 Å². The van der Waals surface area contributed by atoms with Crippen LogP contribution >= 0.6 is 11.6 Å². The summed E-state index contributed by atoms with van der Waals surface area (Å²) in [5.74, 6) is 0.701. The number of hydrogen-bond acceptors (Lipinski definition) is 3. The van der Waals surface area contributed by atoms with Crippen LogP contribution in [-0.4, -0.2) is 19.1 Å². The fourth-order valence-corrected chi connectivity index (χ4v) is 2.56. The summed E-state index contributed by atoms with van der Waals surface area (Å²) in [5, 5.41) is 16.4. The molecule has 4 heteroatoms. The summed E-state index contributed by atoms with van der Waals surface area (Å²) in [6.07, 6.45) is 1.24. The Kier molecular flexibility index (Phi) is 4.11. The first-order valence-corrected chi connectivity index (χ1v) is 6.67. The largest absolute Gasteiger partial charge is 0.383 e. The SMILES string of the molecule is Cc1c(NC[C@H]2NCC[C@@H]2C)ccc(C#N)c1Cl. The zero-order valence-electron chi connectivity index (χ0n) is 10.8. The molecule has 2 rings (SSSR count). The first kappa shape index (κ1) is 13.2. The molecule has 0 unspecified atom stereocenters. The first-order chi connectivity index (χ1) is 8.63. The van der Waals surface area contributed by atoms with Gasteiger partial charge in [-0.3, -0.25) is 0 Å². The van der Waals surface area contributed by atoms with Gasteiger partial charge in [0.05, 0.1) is 10.6 Å². The Balaban J connectivity index is 2.06. The number of benzene rings is 1. The molecule has 1 fully saturated rings. The van der Waals surface area contributed by atoms with Crippen molar-refractivity contribution >= 4 is 17.3 Å². The predicted molar refractivity (Wildman–Crippen MR) is 75.0 cm³/mol.